The molecule has 0 aromatic carbocycles. The minimum atomic E-state index is 0.119. The fourth-order valence-corrected chi connectivity index (χ4v) is 3.50. The molecule has 3 N–H and O–H groups in total. The van der Waals surface area contributed by atoms with Crippen molar-refractivity contribution in [1.29, 1.82) is 5.41 Å². The van der Waals surface area contributed by atoms with E-state index in [1.54, 1.807) is 0 Å². The van der Waals surface area contributed by atoms with Gasteiger partial charge in [-0.05, 0) is 51.4 Å². The number of nitrogens with one attached hydrogen (secondary N) is 1. The van der Waals surface area contributed by atoms with E-state index in [1.807, 2.05) is 19.1 Å². The van der Waals surface area contributed by atoms with E-state index in [-0.39, 0.29) is 5.84 Å². The summed E-state index contributed by atoms with van der Waals surface area (Å²) < 4.78 is 0. The molecule has 1 unspecified atom stereocenters. The number of rotatable bonds is 3. The third-order valence-corrected chi connectivity index (χ3v) is 4.65. The molecular weight excluding hydrogens is 262 g/mol. The van der Waals surface area contributed by atoms with Gasteiger partial charge in [0.2, 0.25) is 0 Å². The zero-order chi connectivity index (χ0) is 14.8. The molecule has 0 amide bonds. The molecule has 1 aromatic heterocycles. The lowest BCUT2D eigenvalue weighted by atomic mass is 10.1. The van der Waals surface area contributed by atoms with Gasteiger partial charge in [0.25, 0.3) is 0 Å². The van der Waals surface area contributed by atoms with E-state index in [0.717, 1.165) is 30.2 Å². The van der Waals surface area contributed by atoms with Crippen molar-refractivity contribution in [3.05, 3.63) is 23.4 Å². The molecule has 3 heterocycles. The van der Waals surface area contributed by atoms with Crippen molar-refractivity contribution in [2.45, 2.75) is 38.6 Å². The number of amidine groups is 1. The molecule has 5 heteroatoms. The Morgan fingerprint density at radius 1 is 1.24 bits per heavy atom. The van der Waals surface area contributed by atoms with Crippen LogP contribution in [0.1, 0.15) is 36.9 Å². The van der Waals surface area contributed by atoms with Crippen LogP contribution in [0.2, 0.25) is 0 Å². The molecule has 2 aliphatic rings. The van der Waals surface area contributed by atoms with E-state index in [1.165, 1.54) is 38.8 Å². The highest BCUT2D eigenvalue weighted by atomic mass is 15.3. The van der Waals surface area contributed by atoms with Gasteiger partial charge in [-0.1, -0.05) is 6.42 Å². The molecule has 5 nitrogen and oxygen atoms in total. The van der Waals surface area contributed by atoms with Crippen LogP contribution >= 0.6 is 0 Å². The second kappa shape index (κ2) is 6.02. The average Bonchev–Trinajstić information content (AvgIpc) is 2.97. The number of pyridine rings is 1. The number of hydrogen-bond acceptors (Lipinski definition) is 4. The third kappa shape index (κ3) is 3.18. The zero-order valence-corrected chi connectivity index (χ0v) is 12.8. The Morgan fingerprint density at radius 3 is 2.71 bits per heavy atom. The molecule has 0 saturated carbocycles. The molecule has 0 radical (unpaired) electrons. The highest BCUT2D eigenvalue weighted by Crippen LogP contribution is 2.24. The van der Waals surface area contributed by atoms with Gasteiger partial charge in [-0.25, -0.2) is 4.98 Å². The van der Waals surface area contributed by atoms with Gasteiger partial charge in [0.05, 0.1) is 0 Å². The van der Waals surface area contributed by atoms with Crippen molar-refractivity contribution < 1.29 is 0 Å². The first-order valence-electron chi connectivity index (χ1n) is 7.95. The van der Waals surface area contributed by atoms with Crippen LogP contribution in [0.3, 0.4) is 0 Å². The summed E-state index contributed by atoms with van der Waals surface area (Å²) in [4.78, 5) is 9.62. The van der Waals surface area contributed by atoms with E-state index < -0.39 is 0 Å². The molecule has 21 heavy (non-hydrogen) atoms. The number of anilines is 1. The Labute approximate surface area is 126 Å². The molecular formula is C16H25N5. The lowest BCUT2D eigenvalue weighted by Crippen LogP contribution is -2.41. The zero-order valence-electron chi connectivity index (χ0n) is 12.8. The summed E-state index contributed by atoms with van der Waals surface area (Å²) in [5.74, 6) is 1.09. The Balaban J connectivity index is 1.72. The minimum absolute atomic E-state index is 0.119. The first-order valence-corrected chi connectivity index (χ1v) is 7.95. The van der Waals surface area contributed by atoms with Gasteiger partial charge in [0.15, 0.2) is 0 Å². The molecule has 2 aliphatic heterocycles. The van der Waals surface area contributed by atoms with Crippen molar-refractivity contribution >= 4 is 11.7 Å². The summed E-state index contributed by atoms with van der Waals surface area (Å²) >= 11 is 0. The van der Waals surface area contributed by atoms with Crippen LogP contribution in [0, 0.1) is 12.3 Å². The molecule has 0 bridgehead atoms. The third-order valence-electron chi connectivity index (χ3n) is 4.65. The standard InChI is InChI=1S/C16H25N5/c1-12-9-13(16(17)18)10-15(19-12)21-8-5-14(11-21)20-6-3-2-4-7-20/h9-10,14H,2-8,11H2,1H3,(H3,17,18). The predicted octanol–water partition coefficient (Wildman–Crippen LogP) is 1.74. The maximum atomic E-state index is 7.62. The Morgan fingerprint density at radius 2 is 2.00 bits per heavy atom. The fourth-order valence-electron chi connectivity index (χ4n) is 3.50. The van der Waals surface area contributed by atoms with Crippen molar-refractivity contribution in [1.82, 2.24) is 9.88 Å². The summed E-state index contributed by atoms with van der Waals surface area (Å²) in [5, 5.41) is 7.62. The number of nitrogens with two attached hydrogens (primary N) is 1. The maximum Gasteiger partial charge on any atom is 0.129 e. The van der Waals surface area contributed by atoms with E-state index in [0.29, 0.717) is 6.04 Å². The summed E-state index contributed by atoms with van der Waals surface area (Å²) in [6.45, 7) is 6.56. The molecule has 1 aromatic rings. The summed E-state index contributed by atoms with van der Waals surface area (Å²) in [5.41, 5.74) is 7.33. The number of nitrogens with zero attached hydrogens (tertiary/aromatic N) is 3. The molecule has 3 rings (SSSR count). The number of likely N-dealkylation sites (tertiary alicyclic amines) is 1. The molecule has 1 atom stereocenters. The topological polar surface area (TPSA) is 69.2 Å². The highest BCUT2D eigenvalue weighted by molar-refractivity contribution is 5.95. The Hall–Kier alpha value is -1.62. The first kappa shape index (κ1) is 14.3. The van der Waals surface area contributed by atoms with Crippen LogP contribution in [0.4, 0.5) is 5.82 Å². The van der Waals surface area contributed by atoms with Crippen molar-refractivity contribution in [3.8, 4) is 0 Å². The number of nitrogen functional groups attached to an aromatic ring is 1. The number of piperidine rings is 1. The monoisotopic (exact) mass is 287 g/mol. The van der Waals surface area contributed by atoms with E-state index in [4.69, 9.17) is 11.1 Å². The molecule has 0 spiro atoms. The molecule has 0 aliphatic carbocycles. The van der Waals surface area contributed by atoms with Crippen LogP contribution in [-0.4, -0.2) is 47.9 Å². The summed E-state index contributed by atoms with van der Waals surface area (Å²) in [7, 11) is 0. The Bertz CT molecular complexity index is 521. The van der Waals surface area contributed by atoms with E-state index in [9.17, 15) is 0 Å². The summed E-state index contributed by atoms with van der Waals surface area (Å²) in [6.07, 6.45) is 5.28. The van der Waals surface area contributed by atoms with Crippen LogP contribution in [-0.2, 0) is 0 Å². The van der Waals surface area contributed by atoms with E-state index in [2.05, 4.69) is 14.8 Å². The van der Waals surface area contributed by atoms with Gasteiger partial charge >= 0.3 is 0 Å². The normalized spacial score (nSPS) is 23.5. The molecule has 2 saturated heterocycles. The van der Waals surface area contributed by atoms with Gasteiger partial charge in [-0.15, -0.1) is 0 Å². The smallest absolute Gasteiger partial charge is 0.129 e. The quantitative estimate of drug-likeness (QED) is 0.656. The number of aromatic nitrogens is 1. The number of hydrogen-bond donors (Lipinski definition) is 2. The van der Waals surface area contributed by atoms with Gasteiger partial charge in [0.1, 0.15) is 11.7 Å². The summed E-state index contributed by atoms with van der Waals surface area (Å²) in [6, 6.07) is 4.49. The number of aryl methyl sites for hydroxylation is 1. The second-order valence-electron chi connectivity index (χ2n) is 6.25. The Kier molecular flexibility index (Phi) is 4.10. The molecule has 2 fully saturated rings. The van der Waals surface area contributed by atoms with Crippen molar-refractivity contribution in [2.75, 3.05) is 31.1 Å². The van der Waals surface area contributed by atoms with Gasteiger partial charge in [-0.3, -0.25) is 10.3 Å². The SMILES string of the molecule is Cc1cc(C(=N)N)cc(N2CCC(N3CCCCC3)C2)n1. The van der Waals surface area contributed by atoms with Crippen LogP contribution in [0.5, 0.6) is 0 Å². The maximum absolute atomic E-state index is 7.62. The second-order valence-corrected chi connectivity index (χ2v) is 6.25. The van der Waals surface area contributed by atoms with Crippen LogP contribution in [0.15, 0.2) is 12.1 Å². The van der Waals surface area contributed by atoms with Crippen molar-refractivity contribution in [2.24, 2.45) is 5.73 Å². The predicted molar refractivity (Wildman–Crippen MR) is 86.0 cm³/mol. The van der Waals surface area contributed by atoms with Gasteiger partial charge in [0, 0.05) is 30.4 Å². The largest absolute Gasteiger partial charge is 0.384 e. The van der Waals surface area contributed by atoms with Gasteiger partial charge in [-0.2, -0.15) is 0 Å². The first-order chi connectivity index (χ1) is 10.1. The lowest BCUT2D eigenvalue weighted by Gasteiger charge is -2.32. The fraction of sp³-hybridized carbons (Fsp3) is 0.625. The van der Waals surface area contributed by atoms with Crippen LogP contribution < -0.4 is 10.6 Å². The molecule has 114 valence electrons. The lowest BCUT2D eigenvalue weighted by molar-refractivity contribution is 0.175. The highest BCUT2D eigenvalue weighted by Gasteiger charge is 2.29. The van der Waals surface area contributed by atoms with Crippen LogP contribution in [0.25, 0.3) is 0 Å². The van der Waals surface area contributed by atoms with Crippen molar-refractivity contribution in [3.63, 3.8) is 0 Å². The van der Waals surface area contributed by atoms with Gasteiger partial charge < -0.3 is 10.6 Å². The average molecular weight is 287 g/mol. The minimum Gasteiger partial charge on any atom is -0.384 e. The van der Waals surface area contributed by atoms with E-state index >= 15 is 0 Å².